The molecule has 180 valence electrons. The van der Waals surface area contributed by atoms with E-state index in [4.69, 9.17) is 21.1 Å². The second-order valence-electron chi connectivity index (χ2n) is 8.46. The molecule has 0 aliphatic heterocycles. The van der Waals surface area contributed by atoms with Crippen LogP contribution in [0.3, 0.4) is 0 Å². The van der Waals surface area contributed by atoms with Crippen LogP contribution in [0.5, 0.6) is 11.5 Å². The zero-order valence-electron chi connectivity index (χ0n) is 19.8. The lowest BCUT2D eigenvalue weighted by Gasteiger charge is -2.10. The molecular weight excluding hydrogens is 436 g/mol. The second kappa shape index (κ2) is 16.3. The van der Waals surface area contributed by atoms with Gasteiger partial charge >= 0.3 is 5.97 Å². The van der Waals surface area contributed by atoms with Gasteiger partial charge in [0.2, 0.25) is 0 Å². The Kier molecular flexibility index (Phi) is 13.3. The lowest BCUT2D eigenvalue weighted by atomic mass is 10.1. The van der Waals surface area contributed by atoms with E-state index in [2.05, 4.69) is 6.92 Å². The Bertz CT molecular complexity index is 832. The summed E-state index contributed by atoms with van der Waals surface area (Å²) in [4.78, 5) is 23.0. The van der Waals surface area contributed by atoms with E-state index >= 15 is 0 Å². The molecule has 2 aromatic rings. The number of unbranched alkanes of at least 4 members (excludes halogenated alkanes) is 11. The number of carbonyl (C=O) groups is 2. The molecule has 2 rings (SSSR count). The maximum absolute atomic E-state index is 12.3. The Morgan fingerprint density at radius 1 is 0.818 bits per heavy atom. The van der Waals surface area contributed by atoms with Gasteiger partial charge in [0.15, 0.2) is 0 Å². The molecular formula is C28H37ClO4. The molecule has 0 spiro atoms. The highest BCUT2D eigenvalue weighted by Gasteiger charge is 2.12. The van der Waals surface area contributed by atoms with Crippen molar-refractivity contribution in [3.05, 3.63) is 58.6 Å². The van der Waals surface area contributed by atoms with Gasteiger partial charge in [-0.1, -0.05) is 89.2 Å². The molecule has 0 saturated carbocycles. The number of benzene rings is 2. The summed E-state index contributed by atoms with van der Waals surface area (Å²) >= 11 is 6.30. The van der Waals surface area contributed by atoms with E-state index in [1.54, 1.807) is 42.5 Å². The Labute approximate surface area is 203 Å². The minimum Gasteiger partial charge on any atom is -0.492 e. The fourth-order valence-corrected chi connectivity index (χ4v) is 3.89. The molecule has 0 aliphatic rings. The molecule has 0 radical (unpaired) electrons. The first-order valence-electron chi connectivity index (χ1n) is 12.3. The van der Waals surface area contributed by atoms with E-state index in [9.17, 15) is 9.59 Å². The van der Waals surface area contributed by atoms with Crippen molar-refractivity contribution in [3.8, 4) is 11.5 Å². The van der Waals surface area contributed by atoms with Crippen LogP contribution >= 0.6 is 11.6 Å². The van der Waals surface area contributed by atoms with Crippen LogP contribution in [-0.2, 0) is 0 Å². The first kappa shape index (κ1) is 26.9. The van der Waals surface area contributed by atoms with Crippen molar-refractivity contribution in [1.82, 2.24) is 0 Å². The molecule has 0 saturated heterocycles. The minimum atomic E-state index is -0.511. The number of carbonyl (C=O) groups excluding carboxylic acids is 2. The van der Waals surface area contributed by atoms with Crippen LogP contribution in [0.1, 0.15) is 105 Å². The maximum Gasteiger partial charge on any atom is 0.343 e. The van der Waals surface area contributed by atoms with E-state index in [-0.39, 0.29) is 0 Å². The van der Waals surface area contributed by atoms with Gasteiger partial charge in [-0.15, -0.1) is 0 Å². The van der Waals surface area contributed by atoms with Crippen LogP contribution in [0, 0.1) is 0 Å². The normalized spacial score (nSPS) is 10.7. The summed E-state index contributed by atoms with van der Waals surface area (Å²) in [5.41, 5.74) is 0.865. The van der Waals surface area contributed by atoms with Gasteiger partial charge in [0.05, 0.1) is 17.2 Å². The van der Waals surface area contributed by atoms with Gasteiger partial charge in [-0.05, 0) is 48.9 Å². The van der Waals surface area contributed by atoms with Crippen molar-refractivity contribution in [2.24, 2.45) is 0 Å². The predicted octanol–water partition coefficient (Wildman–Crippen LogP) is 8.45. The standard InChI is InChI=1S/C28H37ClO4/c1-2-3-4-5-6-7-8-9-10-11-12-13-20-32-27-19-16-24(21-26(27)29)28(31)33-25-17-14-23(22-30)15-18-25/h14-19,21-22H,2-13,20H2,1H3. The number of rotatable bonds is 17. The molecule has 4 nitrogen and oxygen atoms in total. The Morgan fingerprint density at radius 2 is 1.39 bits per heavy atom. The highest BCUT2D eigenvalue weighted by molar-refractivity contribution is 6.32. The molecule has 0 N–H and O–H groups in total. The van der Waals surface area contributed by atoms with Crippen LogP contribution in [0.2, 0.25) is 5.02 Å². The molecule has 33 heavy (non-hydrogen) atoms. The smallest absolute Gasteiger partial charge is 0.343 e. The molecule has 0 heterocycles. The van der Waals surface area contributed by atoms with Crippen molar-refractivity contribution in [2.75, 3.05) is 6.61 Å². The van der Waals surface area contributed by atoms with Crippen LogP contribution < -0.4 is 9.47 Å². The van der Waals surface area contributed by atoms with Gasteiger partial charge in [-0.2, -0.15) is 0 Å². The number of ether oxygens (including phenoxy) is 2. The average molecular weight is 473 g/mol. The first-order valence-corrected chi connectivity index (χ1v) is 12.7. The average Bonchev–Trinajstić information content (AvgIpc) is 2.83. The summed E-state index contributed by atoms with van der Waals surface area (Å²) < 4.78 is 11.1. The Balaban J connectivity index is 1.59. The lowest BCUT2D eigenvalue weighted by Crippen LogP contribution is -2.08. The van der Waals surface area contributed by atoms with Gasteiger partial charge < -0.3 is 9.47 Å². The van der Waals surface area contributed by atoms with Crippen molar-refractivity contribution in [1.29, 1.82) is 0 Å². The van der Waals surface area contributed by atoms with Crippen LogP contribution in [0.4, 0.5) is 0 Å². The lowest BCUT2D eigenvalue weighted by molar-refractivity contribution is 0.0734. The fraction of sp³-hybridized carbons (Fsp3) is 0.500. The van der Waals surface area contributed by atoms with Crippen LogP contribution in [0.25, 0.3) is 0 Å². The summed E-state index contributed by atoms with van der Waals surface area (Å²) in [5, 5.41) is 0.389. The Hall–Kier alpha value is -2.33. The number of hydrogen-bond acceptors (Lipinski definition) is 4. The number of esters is 1. The van der Waals surface area contributed by atoms with E-state index in [0.717, 1.165) is 19.1 Å². The number of hydrogen-bond donors (Lipinski definition) is 0. The third-order valence-corrected chi connectivity index (χ3v) is 5.95. The van der Waals surface area contributed by atoms with Crippen LogP contribution in [0.15, 0.2) is 42.5 Å². The van der Waals surface area contributed by atoms with Crippen LogP contribution in [-0.4, -0.2) is 18.9 Å². The molecule has 0 bridgehead atoms. The van der Waals surface area contributed by atoms with Crippen molar-refractivity contribution in [2.45, 2.75) is 84.0 Å². The van der Waals surface area contributed by atoms with Gasteiger partial charge in [0, 0.05) is 5.56 Å². The molecule has 5 heteroatoms. The molecule has 0 amide bonds. The van der Waals surface area contributed by atoms with Crippen molar-refractivity contribution < 1.29 is 19.1 Å². The number of halogens is 1. The SMILES string of the molecule is CCCCCCCCCCCCCCOc1ccc(C(=O)Oc2ccc(C=O)cc2)cc1Cl. The third kappa shape index (κ3) is 10.9. The summed E-state index contributed by atoms with van der Waals surface area (Å²) in [6, 6.07) is 11.2. The zero-order valence-corrected chi connectivity index (χ0v) is 20.6. The number of aldehydes is 1. The van der Waals surface area contributed by atoms with E-state index < -0.39 is 5.97 Å². The van der Waals surface area contributed by atoms with Gasteiger partial charge in [-0.25, -0.2) is 4.79 Å². The van der Waals surface area contributed by atoms with Crippen molar-refractivity contribution in [3.63, 3.8) is 0 Å². The zero-order chi connectivity index (χ0) is 23.7. The molecule has 0 aromatic heterocycles. The van der Waals surface area contributed by atoms with E-state index in [0.29, 0.717) is 34.3 Å². The topological polar surface area (TPSA) is 52.6 Å². The Morgan fingerprint density at radius 3 is 1.94 bits per heavy atom. The molecule has 0 fully saturated rings. The first-order chi connectivity index (χ1) is 16.1. The summed E-state index contributed by atoms with van der Waals surface area (Å²) in [6.07, 6.45) is 16.4. The third-order valence-electron chi connectivity index (χ3n) is 5.65. The quantitative estimate of drug-likeness (QED) is 0.100. The molecule has 0 unspecified atom stereocenters. The highest BCUT2D eigenvalue weighted by Crippen LogP contribution is 2.26. The summed E-state index contributed by atoms with van der Waals surface area (Å²) in [6.45, 7) is 2.87. The summed E-state index contributed by atoms with van der Waals surface area (Å²) in [5.74, 6) is 0.434. The largest absolute Gasteiger partial charge is 0.492 e. The second-order valence-corrected chi connectivity index (χ2v) is 8.87. The highest BCUT2D eigenvalue weighted by atomic mass is 35.5. The van der Waals surface area contributed by atoms with Gasteiger partial charge in [0.25, 0.3) is 0 Å². The molecule has 2 aromatic carbocycles. The molecule has 0 atom stereocenters. The monoisotopic (exact) mass is 472 g/mol. The van der Waals surface area contributed by atoms with Gasteiger partial charge in [0.1, 0.15) is 17.8 Å². The summed E-state index contributed by atoms with van der Waals surface area (Å²) in [7, 11) is 0. The minimum absolute atomic E-state index is 0.345. The van der Waals surface area contributed by atoms with Crippen molar-refractivity contribution >= 4 is 23.9 Å². The fourth-order valence-electron chi connectivity index (χ4n) is 3.65. The molecule has 0 aliphatic carbocycles. The van der Waals surface area contributed by atoms with E-state index in [1.807, 2.05) is 0 Å². The predicted molar refractivity (Wildman–Crippen MR) is 135 cm³/mol. The van der Waals surface area contributed by atoms with Gasteiger partial charge in [-0.3, -0.25) is 4.79 Å². The maximum atomic E-state index is 12.3. The van der Waals surface area contributed by atoms with E-state index in [1.165, 1.54) is 64.2 Å².